The van der Waals surface area contributed by atoms with Crippen LogP contribution in [0, 0.1) is 10.1 Å². The second kappa shape index (κ2) is 6.21. The van der Waals surface area contributed by atoms with Gasteiger partial charge in [-0.1, -0.05) is 18.2 Å². The topological polar surface area (TPSA) is 58.4 Å². The number of hydrogen-bond acceptors (Lipinski definition) is 4. The van der Waals surface area contributed by atoms with E-state index in [0.29, 0.717) is 24.7 Å². The third-order valence-electron chi connectivity index (χ3n) is 5.28. The first-order valence-electron chi connectivity index (χ1n) is 8.60. The number of para-hydroxylation sites is 1. The van der Waals surface area contributed by atoms with Crippen molar-refractivity contribution < 1.29 is 4.92 Å². The molecule has 1 N–H and O–H groups in total. The molecule has 0 radical (unpaired) electrons. The van der Waals surface area contributed by atoms with Gasteiger partial charge in [-0.25, -0.2) is 0 Å². The highest BCUT2D eigenvalue weighted by atomic mass is 16.6. The summed E-state index contributed by atoms with van der Waals surface area (Å²) in [5.41, 5.74) is 1.23. The van der Waals surface area contributed by atoms with Gasteiger partial charge in [0, 0.05) is 41.8 Å². The molecule has 0 saturated carbocycles. The summed E-state index contributed by atoms with van der Waals surface area (Å²) in [5.74, 6) is 0. The number of nitro benzene ring substituents is 1. The molecule has 5 nitrogen and oxygen atoms in total. The fourth-order valence-corrected chi connectivity index (χ4v) is 4.53. The van der Waals surface area contributed by atoms with E-state index in [-0.39, 0.29) is 16.1 Å². The van der Waals surface area contributed by atoms with Crippen LogP contribution in [-0.4, -0.2) is 33.5 Å². The number of nitrogens with zero attached hydrogens (tertiary/aromatic N) is 2. The van der Waals surface area contributed by atoms with Crippen molar-refractivity contribution >= 4 is 5.69 Å². The van der Waals surface area contributed by atoms with E-state index in [1.54, 1.807) is 12.1 Å². The van der Waals surface area contributed by atoms with E-state index in [0.717, 1.165) is 18.4 Å². The van der Waals surface area contributed by atoms with Gasteiger partial charge < -0.3 is 5.32 Å². The van der Waals surface area contributed by atoms with Gasteiger partial charge in [0.15, 0.2) is 0 Å². The molecule has 2 unspecified atom stereocenters. The van der Waals surface area contributed by atoms with Gasteiger partial charge >= 0.3 is 0 Å². The Morgan fingerprint density at radius 3 is 2.39 bits per heavy atom. The molecule has 2 atom stereocenters. The van der Waals surface area contributed by atoms with E-state index in [2.05, 4.69) is 31.0 Å². The Balaban J connectivity index is 1.63. The molecule has 0 aromatic heterocycles. The summed E-state index contributed by atoms with van der Waals surface area (Å²) in [4.78, 5) is 13.5. The van der Waals surface area contributed by atoms with Gasteiger partial charge in [0.1, 0.15) is 0 Å². The summed E-state index contributed by atoms with van der Waals surface area (Å²) in [5, 5.41) is 14.7. The first-order chi connectivity index (χ1) is 10.9. The van der Waals surface area contributed by atoms with Crippen LogP contribution in [0.4, 0.5) is 5.69 Å². The van der Waals surface area contributed by atoms with Gasteiger partial charge in [0.2, 0.25) is 0 Å². The first-order valence-corrected chi connectivity index (χ1v) is 8.60. The summed E-state index contributed by atoms with van der Waals surface area (Å²) in [7, 11) is 0. The molecule has 2 bridgehead atoms. The van der Waals surface area contributed by atoms with Crippen molar-refractivity contribution in [3.63, 3.8) is 0 Å². The molecule has 2 aliphatic rings. The second-order valence-corrected chi connectivity index (χ2v) is 7.90. The summed E-state index contributed by atoms with van der Waals surface area (Å²) < 4.78 is 0. The molecule has 2 saturated heterocycles. The SMILES string of the molecule is CC(C)(C)N1C2CCC1CC(NCc1ccccc1[N+](=O)[O-])C2. The van der Waals surface area contributed by atoms with Gasteiger partial charge in [-0.3, -0.25) is 15.0 Å². The Morgan fingerprint density at radius 1 is 1.22 bits per heavy atom. The van der Waals surface area contributed by atoms with Gasteiger partial charge in [-0.05, 0) is 46.5 Å². The number of rotatable bonds is 4. The van der Waals surface area contributed by atoms with Gasteiger partial charge in [-0.2, -0.15) is 0 Å². The van der Waals surface area contributed by atoms with Crippen LogP contribution < -0.4 is 5.32 Å². The van der Waals surface area contributed by atoms with Gasteiger partial charge in [0.25, 0.3) is 5.69 Å². The first kappa shape index (κ1) is 16.4. The number of nitrogens with one attached hydrogen (secondary N) is 1. The lowest BCUT2D eigenvalue weighted by molar-refractivity contribution is -0.385. The normalized spacial score (nSPS) is 28.0. The number of fused-ring (bicyclic) bond motifs is 2. The highest BCUT2D eigenvalue weighted by Crippen LogP contribution is 2.40. The maximum Gasteiger partial charge on any atom is 0.273 e. The third-order valence-corrected chi connectivity index (χ3v) is 5.28. The Labute approximate surface area is 138 Å². The molecule has 5 heteroatoms. The van der Waals surface area contributed by atoms with Crippen molar-refractivity contribution in [1.82, 2.24) is 10.2 Å². The monoisotopic (exact) mass is 317 g/mol. The molecule has 0 aliphatic carbocycles. The van der Waals surface area contributed by atoms with Crippen LogP contribution in [0.25, 0.3) is 0 Å². The minimum atomic E-state index is -0.289. The Bertz CT molecular complexity index is 568. The molecule has 1 aromatic carbocycles. The average molecular weight is 317 g/mol. The molecule has 2 heterocycles. The molecule has 3 rings (SSSR count). The van der Waals surface area contributed by atoms with E-state index in [4.69, 9.17) is 0 Å². The molecule has 23 heavy (non-hydrogen) atoms. The van der Waals surface area contributed by atoms with Crippen molar-refractivity contribution in [2.75, 3.05) is 0 Å². The number of hydrogen-bond donors (Lipinski definition) is 1. The van der Waals surface area contributed by atoms with E-state index in [1.165, 1.54) is 12.8 Å². The molecular weight excluding hydrogens is 290 g/mol. The molecule has 2 aliphatic heterocycles. The van der Waals surface area contributed by atoms with Crippen LogP contribution in [0.3, 0.4) is 0 Å². The molecule has 2 fully saturated rings. The lowest BCUT2D eigenvalue weighted by Gasteiger charge is -2.47. The molecule has 1 aromatic rings. The molecule has 126 valence electrons. The summed E-state index contributed by atoms with van der Waals surface area (Å²) >= 11 is 0. The molecule has 0 amide bonds. The van der Waals surface area contributed by atoms with Gasteiger partial charge in [0.05, 0.1) is 4.92 Å². The summed E-state index contributed by atoms with van der Waals surface area (Å²) in [6.45, 7) is 7.50. The van der Waals surface area contributed by atoms with E-state index < -0.39 is 0 Å². The summed E-state index contributed by atoms with van der Waals surface area (Å²) in [6.07, 6.45) is 4.86. The minimum Gasteiger partial charge on any atom is -0.310 e. The van der Waals surface area contributed by atoms with Crippen LogP contribution in [0.15, 0.2) is 24.3 Å². The van der Waals surface area contributed by atoms with Gasteiger partial charge in [-0.15, -0.1) is 0 Å². The smallest absolute Gasteiger partial charge is 0.273 e. The predicted octanol–water partition coefficient (Wildman–Crippen LogP) is 3.48. The van der Waals surface area contributed by atoms with Crippen LogP contribution >= 0.6 is 0 Å². The van der Waals surface area contributed by atoms with E-state index in [1.807, 2.05) is 12.1 Å². The number of nitro groups is 1. The second-order valence-electron chi connectivity index (χ2n) is 7.90. The number of piperidine rings is 1. The van der Waals surface area contributed by atoms with Crippen LogP contribution in [0.5, 0.6) is 0 Å². The van der Waals surface area contributed by atoms with Crippen LogP contribution in [0.1, 0.15) is 52.0 Å². The zero-order valence-corrected chi connectivity index (χ0v) is 14.3. The van der Waals surface area contributed by atoms with Crippen molar-refractivity contribution in [2.24, 2.45) is 0 Å². The average Bonchev–Trinajstić information content (AvgIpc) is 2.77. The Kier molecular flexibility index (Phi) is 4.43. The Morgan fingerprint density at radius 2 is 1.83 bits per heavy atom. The van der Waals surface area contributed by atoms with E-state index in [9.17, 15) is 10.1 Å². The number of benzene rings is 1. The third kappa shape index (κ3) is 3.40. The van der Waals surface area contributed by atoms with Crippen LogP contribution in [0.2, 0.25) is 0 Å². The standard InChI is InChI=1S/C18H27N3O2/c1-18(2,3)20-15-8-9-16(20)11-14(10-15)19-12-13-6-4-5-7-17(13)21(22)23/h4-7,14-16,19H,8-12H2,1-3H3. The maximum absolute atomic E-state index is 11.1. The van der Waals surface area contributed by atoms with Crippen molar-refractivity contribution in [3.05, 3.63) is 39.9 Å². The maximum atomic E-state index is 11.1. The molecule has 0 spiro atoms. The largest absolute Gasteiger partial charge is 0.310 e. The zero-order chi connectivity index (χ0) is 16.6. The Hall–Kier alpha value is -1.46. The highest BCUT2D eigenvalue weighted by Gasteiger charge is 2.45. The van der Waals surface area contributed by atoms with E-state index >= 15 is 0 Å². The van der Waals surface area contributed by atoms with Crippen molar-refractivity contribution in [3.8, 4) is 0 Å². The fourth-order valence-electron chi connectivity index (χ4n) is 4.53. The highest BCUT2D eigenvalue weighted by molar-refractivity contribution is 5.39. The minimum absolute atomic E-state index is 0.218. The summed E-state index contributed by atoms with van der Waals surface area (Å²) in [6, 6.07) is 8.80. The molecular formula is C18H27N3O2. The quantitative estimate of drug-likeness (QED) is 0.682. The van der Waals surface area contributed by atoms with Crippen molar-refractivity contribution in [1.29, 1.82) is 0 Å². The van der Waals surface area contributed by atoms with Crippen LogP contribution in [-0.2, 0) is 6.54 Å². The van der Waals surface area contributed by atoms with Crippen molar-refractivity contribution in [2.45, 2.75) is 76.7 Å². The predicted molar refractivity (Wildman–Crippen MR) is 91.4 cm³/mol. The lowest BCUT2D eigenvalue weighted by Crippen LogP contribution is -2.56. The lowest BCUT2D eigenvalue weighted by atomic mass is 9.91. The fraction of sp³-hybridized carbons (Fsp3) is 0.667. The zero-order valence-electron chi connectivity index (χ0n) is 14.3.